The highest BCUT2D eigenvalue weighted by Gasteiger charge is 2.33. The molecule has 1 aliphatic heterocycles. The van der Waals surface area contributed by atoms with Crippen LogP contribution in [0.5, 0.6) is 0 Å². The van der Waals surface area contributed by atoms with Gasteiger partial charge in [0.2, 0.25) is 0 Å². The van der Waals surface area contributed by atoms with Crippen LogP contribution in [0.2, 0.25) is 0 Å². The molecule has 2 atom stereocenters. The van der Waals surface area contributed by atoms with Gasteiger partial charge in [-0.1, -0.05) is 12.1 Å². The number of rotatable bonds is 3. The molecule has 1 saturated heterocycles. The molecular weight excluding hydrogens is 318 g/mol. The van der Waals surface area contributed by atoms with E-state index in [0.717, 1.165) is 11.3 Å². The van der Waals surface area contributed by atoms with Gasteiger partial charge in [-0.25, -0.2) is 9.78 Å². The first-order chi connectivity index (χ1) is 11.9. The minimum absolute atomic E-state index is 0.104. The monoisotopic (exact) mass is 337 g/mol. The Bertz CT molecular complexity index is 847. The van der Waals surface area contributed by atoms with Gasteiger partial charge >= 0.3 is 5.97 Å². The highest BCUT2D eigenvalue weighted by atomic mass is 16.4. The molecule has 25 heavy (non-hydrogen) atoms. The van der Waals surface area contributed by atoms with Crippen molar-refractivity contribution in [1.29, 1.82) is 5.26 Å². The Labute approximate surface area is 145 Å². The third-order valence-electron chi connectivity index (χ3n) is 4.58. The fourth-order valence-electron chi connectivity index (χ4n) is 3.28. The van der Waals surface area contributed by atoms with E-state index in [1.165, 1.54) is 12.1 Å². The summed E-state index contributed by atoms with van der Waals surface area (Å²) < 4.78 is 0. The number of nitrogens with zero attached hydrogens (tertiary/aromatic N) is 2. The van der Waals surface area contributed by atoms with Crippen LogP contribution in [0.25, 0.3) is 11.1 Å². The van der Waals surface area contributed by atoms with Crippen LogP contribution in [0.15, 0.2) is 30.3 Å². The first-order valence-corrected chi connectivity index (χ1v) is 7.97. The van der Waals surface area contributed by atoms with Crippen LogP contribution in [0.3, 0.4) is 0 Å². The quantitative estimate of drug-likeness (QED) is 0.674. The largest absolute Gasteiger partial charge is 0.478 e. The summed E-state index contributed by atoms with van der Waals surface area (Å²) in [6, 6.07) is 10.7. The summed E-state index contributed by atoms with van der Waals surface area (Å²) in [5.74, 6) is -0.705. The zero-order valence-corrected chi connectivity index (χ0v) is 13.9. The van der Waals surface area contributed by atoms with Crippen molar-refractivity contribution in [3.63, 3.8) is 0 Å². The molecule has 0 radical (unpaired) electrons. The molecule has 0 amide bonds. The van der Waals surface area contributed by atoms with Crippen molar-refractivity contribution in [3.8, 4) is 17.2 Å². The maximum atomic E-state index is 11.0. The number of nitrogens with two attached hydrogens (primary N) is 1. The number of carboxylic acids is 1. The average Bonchev–Trinajstić information content (AvgIpc) is 2.93. The molecule has 0 aliphatic carbocycles. The van der Waals surface area contributed by atoms with E-state index in [4.69, 9.17) is 10.8 Å². The zero-order valence-electron chi connectivity index (χ0n) is 13.9. The van der Waals surface area contributed by atoms with Gasteiger partial charge in [0.15, 0.2) is 0 Å². The Morgan fingerprint density at radius 3 is 2.36 bits per heavy atom. The van der Waals surface area contributed by atoms with E-state index in [1.54, 1.807) is 12.1 Å². The normalized spacial score (nSPS) is 22.5. The molecule has 3 rings (SSSR count). The van der Waals surface area contributed by atoms with Gasteiger partial charge in [-0.3, -0.25) is 10.9 Å². The molecule has 7 heteroatoms. The molecular formula is C18H19N5O2. The fourth-order valence-corrected chi connectivity index (χ4v) is 3.28. The lowest BCUT2D eigenvalue weighted by Crippen LogP contribution is -2.30. The van der Waals surface area contributed by atoms with Crippen LogP contribution in [0.4, 0.5) is 5.82 Å². The number of hydrogen-bond donors (Lipinski definition) is 4. The molecule has 128 valence electrons. The molecule has 1 aromatic carbocycles. The highest BCUT2D eigenvalue weighted by Crippen LogP contribution is 2.33. The minimum atomic E-state index is -0.993. The van der Waals surface area contributed by atoms with Crippen molar-refractivity contribution in [2.24, 2.45) is 0 Å². The van der Waals surface area contributed by atoms with Gasteiger partial charge in [-0.05, 0) is 37.6 Å². The van der Waals surface area contributed by atoms with Crippen molar-refractivity contribution in [2.75, 3.05) is 5.73 Å². The molecule has 2 heterocycles. The maximum Gasteiger partial charge on any atom is 0.335 e. The van der Waals surface area contributed by atoms with Gasteiger partial charge in [0.25, 0.3) is 0 Å². The van der Waals surface area contributed by atoms with E-state index < -0.39 is 5.97 Å². The molecule has 2 unspecified atom stereocenters. The molecule has 7 nitrogen and oxygen atoms in total. The molecule has 1 aliphatic rings. The molecule has 0 bridgehead atoms. The molecule has 5 N–H and O–H groups in total. The third-order valence-corrected chi connectivity index (χ3v) is 4.58. The number of hydrazine groups is 1. The number of nitriles is 1. The number of carbonyl (C=O) groups is 1. The predicted molar refractivity (Wildman–Crippen MR) is 93.7 cm³/mol. The predicted octanol–water partition coefficient (Wildman–Crippen LogP) is 1.87. The summed E-state index contributed by atoms with van der Waals surface area (Å²) >= 11 is 0. The summed E-state index contributed by atoms with van der Waals surface area (Å²) in [6.07, 6.45) is 0. The number of nitrogen functional groups attached to an aromatic ring is 1. The molecule has 2 aromatic rings. The smallest absolute Gasteiger partial charge is 0.335 e. The number of nitrogens with one attached hydrogen (secondary N) is 2. The number of pyridine rings is 1. The lowest BCUT2D eigenvalue weighted by atomic mass is 9.89. The number of anilines is 1. The lowest BCUT2D eigenvalue weighted by Gasteiger charge is -2.19. The third kappa shape index (κ3) is 3.05. The number of aromatic carboxylic acids is 1. The van der Waals surface area contributed by atoms with Gasteiger partial charge in [0.05, 0.1) is 5.56 Å². The summed E-state index contributed by atoms with van der Waals surface area (Å²) in [5.41, 5.74) is 15.1. The van der Waals surface area contributed by atoms with E-state index in [1.807, 2.05) is 6.07 Å². The Morgan fingerprint density at radius 2 is 1.84 bits per heavy atom. The van der Waals surface area contributed by atoms with E-state index in [0.29, 0.717) is 11.1 Å². The van der Waals surface area contributed by atoms with Crippen LogP contribution in [0, 0.1) is 11.3 Å². The van der Waals surface area contributed by atoms with Crippen LogP contribution in [-0.4, -0.2) is 28.1 Å². The van der Waals surface area contributed by atoms with Crippen LogP contribution >= 0.6 is 0 Å². The van der Waals surface area contributed by atoms with Gasteiger partial charge < -0.3 is 10.8 Å². The van der Waals surface area contributed by atoms with E-state index >= 15 is 0 Å². The maximum absolute atomic E-state index is 11.0. The highest BCUT2D eigenvalue weighted by molar-refractivity contribution is 5.88. The van der Waals surface area contributed by atoms with Crippen LogP contribution in [0.1, 0.15) is 41.4 Å². The summed E-state index contributed by atoms with van der Waals surface area (Å²) in [5, 5.41) is 18.5. The lowest BCUT2D eigenvalue weighted by molar-refractivity contribution is 0.0697. The van der Waals surface area contributed by atoms with Crippen LogP contribution in [-0.2, 0) is 0 Å². The van der Waals surface area contributed by atoms with Gasteiger partial charge in [-0.2, -0.15) is 5.26 Å². The van der Waals surface area contributed by atoms with E-state index in [2.05, 4.69) is 35.8 Å². The van der Waals surface area contributed by atoms with Gasteiger partial charge in [0, 0.05) is 29.3 Å². The SMILES string of the molecule is CC1NNC(C)C1c1cc(-c2ccc(C(=O)O)cc2)c(C#N)c(N)n1. The first kappa shape index (κ1) is 16.9. The fraction of sp³-hybridized carbons (Fsp3) is 0.278. The van der Waals surface area contributed by atoms with E-state index in [-0.39, 0.29) is 29.4 Å². The van der Waals surface area contributed by atoms with Crippen LogP contribution < -0.4 is 16.6 Å². The van der Waals surface area contributed by atoms with E-state index in [9.17, 15) is 10.1 Å². The van der Waals surface area contributed by atoms with Crippen molar-refractivity contribution >= 4 is 11.8 Å². The molecule has 0 spiro atoms. The second-order valence-corrected chi connectivity index (χ2v) is 6.24. The number of carboxylic acid groups (broad SMARTS) is 1. The Morgan fingerprint density at radius 1 is 1.24 bits per heavy atom. The number of aromatic nitrogens is 1. The van der Waals surface area contributed by atoms with Gasteiger partial charge in [-0.15, -0.1) is 0 Å². The summed E-state index contributed by atoms with van der Waals surface area (Å²) in [7, 11) is 0. The summed E-state index contributed by atoms with van der Waals surface area (Å²) in [6.45, 7) is 4.11. The Kier molecular flexibility index (Phi) is 4.40. The topological polar surface area (TPSA) is 124 Å². The molecule has 1 aromatic heterocycles. The van der Waals surface area contributed by atoms with Crippen molar-refractivity contribution < 1.29 is 9.90 Å². The number of hydrogen-bond acceptors (Lipinski definition) is 6. The standard InChI is InChI=1S/C18H19N5O2/c1-9-16(10(2)23-22-9)15-7-13(14(8-19)17(20)21-15)11-3-5-12(6-4-11)18(24)25/h3-7,9-10,16,22-23H,1-2H3,(H2,20,21)(H,24,25). The zero-order chi connectivity index (χ0) is 18.1. The Hall–Kier alpha value is -2.95. The van der Waals surface area contributed by atoms with Crippen molar-refractivity contribution in [3.05, 3.63) is 47.2 Å². The molecule has 0 saturated carbocycles. The number of benzene rings is 1. The van der Waals surface area contributed by atoms with Crippen molar-refractivity contribution in [2.45, 2.75) is 31.8 Å². The average molecular weight is 337 g/mol. The Balaban J connectivity index is 2.11. The minimum Gasteiger partial charge on any atom is -0.478 e. The first-order valence-electron chi connectivity index (χ1n) is 7.97. The van der Waals surface area contributed by atoms with Crippen molar-refractivity contribution in [1.82, 2.24) is 15.8 Å². The molecule has 1 fully saturated rings. The second kappa shape index (κ2) is 6.51. The summed E-state index contributed by atoms with van der Waals surface area (Å²) in [4.78, 5) is 15.5. The second-order valence-electron chi connectivity index (χ2n) is 6.24. The van der Waals surface area contributed by atoms with Gasteiger partial charge in [0.1, 0.15) is 17.5 Å².